The first kappa shape index (κ1) is 30.6. The van der Waals surface area contributed by atoms with Gasteiger partial charge < -0.3 is 20.1 Å². The van der Waals surface area contributed by atoms with Crippen LogP contribution in [0.5, 0.6) is 0 Å². The number of amidine groups is 1. The lowest BCUT2D eigenvalue weighted by Gasteiger charge is -2.23. The maximum absolute atomic E-state index is 12.7. The van der Waals surface area contributed by atoms with Gasteiger partial charge in [0.25, 0.3) is 0 Å². The second kappa shape index (κ2) is 13.9. The van der Waals surface area contributed by atoms with Gasteiger partial charge in [-0.25, -0.2) is 9.79 Å². The number of carbonyl (C=O) groups is 2. The highest BCUT2D eigenvalue weighted by molar-refractivity contribution is 8.14. The SMILES string of the molecule is CC(C)(C)OC(=O)OCSC(=NC(NC(=O)/C=C/c1ccccc1)C(Cl)(Cl)Cl)Nc1cccc2cccnc12. The zero-order valence-corrected chi connectivity index (χ0v) is 24.4. The predicted octanol–water partition coefficient (Wildman–Crippen LogP) is 7.17. The van der Waals surface area contributed by atoms with Gasteiger partial charge in [0.05, 0.1) is 11.2 Å². The Morgan fingerprint density at radius 2 is 1.77 bits per heavy atom. The number of rotatable bonds is 7. The fourth-order valence-corrected chi connectivity index (χ4v) is 4.00. The van der Waals surface area contributed by atoms with Crippen LogP contribution in [0.4, 0.5) is 10.5 Å². The third-order valence-electron chi connectivity index (χ3n) is 4.70. The molecule has 1 amide bonds. The molecule has 0 aliphatic rings. The summed E-state index contributed by atoms with van der Waals surface area (Å²) < 4.78 is 8.34. The van der Waals surface area contributed by atoms with Gasteiger partial charge in [-0.3, -0.25) is 9.78 Å². The summed E-state index contributed by atoms with van der Waals surface area (Å²) in [6.45, 7) is 5.18. The smallest absolute Gasteiger partial charge is 0.429 e. The van der Waals surface area contributed by atoms with Crippen LogP contribution < -0.4 is 10.6 Å². The molecule has 3 rings (SSSR count). The molecule has 0 saturated carbocycles. The van der Waals surface area contributed by atoms with Crippen molar-refractivity contribution in [3.05, 3.63) is 78.5 Å². The first-order chi connectivity index (χ1) is 18.4. The third kappa shape index (κ3) is 10.6. The zero-order valence-electron chi connectivity index (χ0n) is 21.4. The Hall–Kier alpha value is -2.98. The van der Waals surface area contributed by atoms with E-state index in [1.54, 1.807) is 39.1 Å². The van der Waals surface area contributed by atoms with Crippen molar-refractivity contribution in [1.82, 2.24) is 10.3 Å². The second-order valence-electron chi connectivity index (χ2n) is 9.01. The van der Waals surface area contributed by atoms with Crippen LogP contribution in [-0.2, 0) is 14.3 Å². The van der Waals surface area contributed by atoms with Crippen molar-refractivity contribution in [2.24, 2.45) is 4.99 Å². The molecule has 0 aliphatic carbocycles. The minimum Gasteiger partial charge on any atom is -0.429 e. The van der Waals surface area contributed by atoms with E-state index in [9.17, 15) is 9.59 Å². The Morgan fingerprint density at radius 3 is 2.46 bits per heavy atom. The van der Waals surface area contributed by atoms with Crippen LogP contribution in [0.3, 0.4) is 0 Å². The summed E-state index contributed by atoms with van der Waals surface area (Å²) >= 11 is 19.6. The van der Waals surface area contributed by atoms with Crippen LogP contribution in [0.25, 0.3) is 17.0 Å². The van der Waals surface area contributed by atoms with Crippen molar-refractivity contribution in [1.29, 1.82) is 0 Å². The number of hydrogen-bond acceptors (Lipinski definition) is 7. The number of nitrogens with one attached hydrogen (secondary N) is 2. The average molecular weight is 610 g/mol. The lowest BCUT2D eigenvalue weighted by atomic mass is 10.2. The Labute approximate surface area is 246 Å². The maximum atomic E-state index is 12.7. The molecule has 0 bridgehead atoms. The largest absolute Gasteiger partial charge is 0.509 e. The number of anilines is 1. The number of alkyl halides is 3. The topological polar surface area (TPSA) is 102 Å². The normalized spacial score (nSPS) is 13.2. The standard InChI is InChI=1S/C27H27Cl3N4O4S/c1-26(2,3)38-25(36)37-17-39-24(32-20-13-7-11-19-12-8-16-31-22(19)20)34-23(27(28,29)30)33-21(35)15-14-18-9-5-4-6-10-18/h4-16,23H,17H2,1-3H3,(H,32,34)(H,33,35)/b15-14+. The number of para-hydroxylation sites is 1. The summed E-state index contributed by atoms with van der Waals surface area (Å²) in [7, 11) is 0. The molecule has 1 atom stereocenters. The van der Waals surface area contributed by atoms with Crippen molar-refractivity contribution in [2.45, 2.75) is 36.3 Å². The minimum absolute atomic E-state index is 0.173. The molecule has 0 aliphatic heterocycles. The van der Waals surface area contributed by atoms with E-state index in [1.807, 2.05) is 54.6 Å². The molecule has 2 aromatic carbocycles. The zero-order chi connectivity index (χ0) is 28.5. The Balaban J connectivity index is 1.85. The Morgan fingerprint density at radius 1 is 1.05 bits per heavy atom. The van der Waals surface area contributed by atoms with Gasteiger partial charge in [0.1, 0.15) is 11.5 Å². The first-order valence-electron chi connectivity index (χ1n) is 11.7. The number of fused-ring (bicyclic) bond motifs is 1. The number of carbonyl (C=O) groups excluding carboxylic acids is 2. The van der Waals surface area contributed by atoms with Crippen LogP contribution in [0.1, 0.15) is 26.3 Å². The lowest BCUT2D eigenvalue weighted by Crippen LogP contribution is -2.42. The molecule has 3 aromatic rings. The predicted molar refractivity (Wildman–Crippen MR) is 160 cm³/mol. The Kier molecular flexibility index (Phi) is 10.9. The van der Waals surface area contributed by atoms with Crippen LogP contribution in [0.15, 0.2) is 77.9 Å². The summed E-state index contributed by atoms with van der Waals surface area (Å²) in [6, 6.07) is 18.5. The van der Waals surface area contributed by atoms with Gasteiger partial charge in [0.15, 0.2) is 11.3 Å². The van der Waals surface area contributed by atoms with Gasteiger partial charge in [-0.2, -0.15) is 0 Å². The summed E-state index contributed by atoms with van der Waals surface area (Å²) in [5.74, 6) is -0.701. The van der Waals surface area contributed by atoms with Crippen LogP contribution in [-0.4, -0.2) is 43.7 Å². The molecule has 0 saturated heterocycles. The van der Waals surface area contributed by atoms with Crippen LogP contribution >= 0.6 is 46.6 Å². The van der Waals surface area contributed by atoms with E-state index in [1.165, 1.54) is 6.08 Å². The number of hydrogen-bond donors (Lipinski definition) is 2. The highest BCUT2D eigenvalue weighted by Crippen LogP contribution is 2.32. The summed E-state index contributed by atoms with van der Waals surface area (Å²) in [5, 5.41) is 6.83. The molecule has 0 spiro atoms. The van der Waals surface area contributed by atoms with Crippen molar-refractivity contribution in [2.75, 3.05) is 11.3 Å². The van der Waals surface area contributed by atoms with Gasteiger partial charge in [-0.1, -0.05) is 83.3 Å². The number of benzene rings is 2. The van der Waals surface area contributed by atoms with E-state index in [2.05, 4.69) is 20.6 Å². The van der Waals surface area contributed by atoms with E-state index < -0.39 is 27.6 Å². The van der Waals surface area contributed by atoms with Gasteiger partial charge in [0, 0.05) is 17.7 Å². The number of aliphatic imine (C=N–C) groups is 1. The van der Waals surface area contributed by atoms with Crippen molar-refractivity contribution < 1.29 is 19.1 Å². The number of thioether (sulfide) groups is 1. The molecule has 0 radical (unpaired) electrons. The minimum atomic E-state index is -2.01. The van der Waals surface area contributed by atoms with Crippen molar-refractivity contribution in [3.63, 3.8) is 0 Å². The molecule has 0 fully saturated rings. The van der Waals surface area contributed by atoms with E-state index in [4.69, 9.17) is 44.3 Å². The number of pyridine rings is 1. The van der Waals surface area contributed by atoms with Gasteiger partial charge >= 0.3 is 6.16 Å². The molecule has 206 valence electrons. The second-order valence-corrected chi connectivity index (χ2v) is 12.3. The van der Waals surface area contributed by atoms with E-state index in [0.717, 1.165) is 22.7 Å². The summed E-state index contributed by atoms with van der Waals surface area (Å²) in [6.07, 6.45) is 2.45. The van der Waals surface area contributed by atoms with Gasteiger partial charge in [-0.15, -0.1) is 0 Å². The van der Waals surface area contributed by atoms with E-state index in [0.29, 0.717) is 11.2 Å². The molecule has 1 heterocycles. The maximum Gasteiger partial charge on any atom is 0.509 e. The highest BCUT2D eigenvalue weighted by Gasteiger charge is 2.34. The molecule has 8 nitrogen and oxygen atoms in total. The van der Waals surface area contributed by atoms with E-state index >= 15 is 0 Å². The number of halogens is 3. The summed E-state index contributed by atoms with van der Waals surface area (Å²) in [5.41, 5.74) is 1.38. The van der Waals surface area contributed by atoms with Crippen molar-refractivity contribution in [3.8, 4) is 0 Å². The molecule has 12 heteroatoms. The quantitative estimate of drug-likeness (QED) is 0.0731. The molecular weight excluding hydrogens is 583 g/mol. The number of aromatic nitrogens is 1. The third-order valence-corrected chi connectivity index (χ3v) is 6.04. The molecule has 1 unspecified atom stereocenters. The highest BCUT2D eigenvalue weighted by atomic mass is 35.6. The number of ether oxygens (including phenoxy) is 2. The Bertz CT molecular complexity index is 1340. The van der Waals surface area contributed by atoms with E-state index in [-0.39, 0.29) is 11.1 Å². The van der Waals surface area contributed by atoms with Crippen LogP contribution in [0, 0.1) is 0 Å². The van der Waals surface area contributed by atoms with Gasteiger partial charge in [0.2, 0.25) is 9.70 Å². The monoisotopic (exact) mass is 608 g/mol. The average Bonchev–Trinajstić information content (AvgIpc) is 2.86. The molecule has 2 N–H and O–H groups in total. The fraction of sp³-hybridized carbons (Fsp3) is 0.259. The molecular formula is C27H27Cl3N4O4S. The van der Waals surface area contributed by atoms with Crippen molar-refractivity contribution >= 4 is 86.5 Å². The van der Waals surface area contributed by atoms with Crippen LogP contribution in [0.2, 0.25) is 0 Å². The van der Waals surface area contributed by atoms with Gasteiger partial charge in [-0.05, 0) is 56.3 Å². The number of nitrogens with zero attached hydrogens (tertiary/aromatic N) is 2. The number of amides is 1. The summed E-state index contributed by atoms with van der Waals surface area (Å²) in [4.78, 5) is 33.6. The fourth-order valence-electron chi connectivity index (χ4n) is 3.06. The first-order valence-corrected chi connectivity index (χ1v) is 13.8. The molecule has 39 heavy (non-hydrogen) atoms. The lowest BCUT2D eigenvalue weighted by molar-refractivity contribution is -0.117. The molecule has 1 aromatic heterocycles.